The summed E-state index contributed by atoms with van der Waals surface area (Å²) in [4.78, 5) is 0. The smallest absolute Gasteiger partial charge is 0.0439 e. The average Bonchev–Trinajstić information content (AvgIpc) is 2.48. The van der Waals surface area contributed by atoms with Crippen molar-refractivity contribution in [3.05, 3.63) is 71.8 Å². The summed E-state index contributed by atoms with van der Waals surface area (Å²) in [5, 5.41) is 0. The number of hydrogen-bond donors (Lipinski definition) is 2. The second-order valence-corrected chi connectivity index (χ2v) is 7.29. The van der Waals surface area contributed by atoms with Crippen LogP contribution in [0.1, 0.15) is 38.8 Å². The third-order valence-corrected chi connectivity index (χ3v) is 4.91. The lowest BCUT2D eigenvalue weighted by atomic mass is 9.50. The zero-order valence-corrected chi connectivity index (χ0v) is 14.1. The van der Waals surface area contributed by atoms with E-state index in [2.05, 4.69) is 76.2 Å². The molecule has 2 nitrogen and oxygen atoms in total. The van der Waals surface area contributed by atoms with Crippen molar-refractivity contribution >= 4 is 0 Å². The maximum atomic E-state index is 6.78. The fraction of sp³-hybridized carbons (Fsp3) is 0.400. The number of hydrogen-bond acceptors (Lipinski definition) is 2. The summed E-state index contributed by atoms with van der Waals surface area (Å²) in [6.07, 6.45) is 0. The molecule has 0 radical (unpaired) electrons. The van der Waals surface area contributed by atoms with Crippen molar-refractivity contribution in [2.75, 3.05) is 6.54 Å². The summed E-state index contributed by atoms with van der Waals surface area (Å²) >= 11 is 0. The Morgan fingerprint density at radius 1 is 0.727 bits per heavy atom. The fourth-order valence-electron chi connectivity index (χ4n) is 4.09. The van der Waals surface area contributed by atoms with E-state index in [1.165, 1.54) is 11.1 Å². The van der Waals surface area contributed by atoms with Gasteiger partial charge < -0.3 is 11.5 Å². The van der Waals surface area contributed by atoms with Crippen molar-refractivity contribution in [2.45, 2.75) is 38.6 Å². The van der Waals surface area contributed by atoms with Gasteiger partial charge in [0, 0.05) is 11.0 Å². The molecule has 0 aromatic heterocycles. The van der Waals surface area contributed by atoms with E-state index in [4.69, 9.17) is 11.5 Å². The molecule has 0 spiro atoms. The van der Waals surface area contributed by atoms with Gasteiger partial charge in [-0.2, -0.15) is 0 Å². The van der Waals surface area contributed by atoms with E-state index in [9.17, 15) is 0 Å². The molecular weight excluding hydrogens is 268 g/mol. The van der Waals surface area contributed by atoms with E-state index in [0.29, 0.717) is 6.54 Å². The highest BCUT2D eigenvalue weighted by molar-refractivity contribution is 5.46. The Kier molecular flexibility index (Phi) is 4.46. The molecule has 0 atom stereocenters. The van der Waals surface area contributed by atoms with Crippen molar-refractivity contribution in [1.82, 2.24) is 0 Å². The second kappa shape index (κ2) is 5.86. The average molecular weight is 296 g/mol. The van der Waals surface area contributed by atoms with E-state index in [0.717, 1.165) is 0 Å². The van der Waals surface area contributed by atoms with Crippen LogP contribution in [0.25, 0.3) is 0 Å². The van der Waals surface area contributed by atoms with Crippen LogP contribution in [-0.4, -0.2) is 12.1 Å². The van der Waals surface area contributed by atoms with Crippen LogP contribution in [0.3, 0.4) is 0 Å². The van der Waals surface area contributed by atoms with Crippen LogP contribution in [-0.2, 0) is 5.41 Å². The number of rotatable bonds is 5. The van der Waals surface area contributed by atoms with Crippen LogP contribution in [0.15, 0.2) is 60.7 Å². The monoisotopic (exact) mass is 296 g/mol. The van der Waals surface area contributed by atoms with Gasteiger partial charge in [-0.1, -0.05) is 74.5 Å². The molecule has 0 aliphatic heterocycles. The first-order chi connectivity index (χ1) is 10.3. The minimum Gasteiger partial charge on any atom is -0.330 e. The van der Waals surface area contributed by atoms with E-state index < -0.39 is 5.54 Å². The van der Waals surface area contributed by atoms with Crippen LogP contribution in [0.2, 0.25) is 0 Å². The summed E-state index contributed by atoms with van der Waals surface area (Å²) in [5.41, 5.74) is 14.4. The molecular formula is C20H28N2. The quantitative estimate of drug-likeness (QED) is 0.884. The van der Waals surface area contributed by atoms with Gasteiger partial charge in [-0.25, -0.2) is 0 Å². The third kappa shape index (κ3) is 2.47. The molecule has 0 amide bonds. The Hall–Kier alpha value is -1.64. The van der Waals surface area contributed by atoms with Crippen LogP contribution < -0.4 is 11.5 Å². The van der Waals surface area contributed by atoms with Gasteiger partial charge in [-0.15, -0.1) is 0 Å². The Bertz CT molecular complexity index is 555. The van der Waals surface area contributed by atoms with Crippen LogP contribution in [0.4, 0.5) is 0 Å². The van der Waals surface area contributed by atoms with Gasteiger partial charge in [0.25, 0.3) is 0 Å². The predicted molar refractivity (Wildman–Crippen MR) is 94.8 cm³/mol. The van der Waals surface area contributed by atoms with Crippen molar-refractivity contribution in [2.24, 2.45) is 16.9 Å². The highest BCUT2D eigenvalue weighted by atomic mass is 14.8. The molecule has 2 aromatic carbocycles. The Balaban J connectivity index is 2.89. The lowest BCUT2D eigenvalue weighted by Gasteiger charge is -2.55. The van der Waals surface area contributed by atoms with Crippen molar-refractivity contribution in [3.8, 4) is 0 Å². The van der Waals surface area contributed by atoms with Crippen LogP contribution in [0.5, 0.6) is 0 Å². The van der Waals surface area contributed by atoms with Crippen LogP contribution >= 0.6 is 0 Å². The van der Waals surface area contributed by atoms with Gasteiger partial charge in [0.15, 0.2) is 0 Å². The summed E-state index contributed by atoms with van der Waals surface area (Å²) in [5.74, 6) is 0. The first-order valence-electron chi connectivity index (χ1n) is 7.87. The van der Waals surface area contributed by atoms with E-state index in [1.807, 2.05) is 12.1 Å². The molecule has 2 rings (SSSR count). The first kappa shape index (κ1) is 16.7. The predicted octanol–water partition coefficient (Wildman–Crippen LogP) is 3.69. The molecule has 118 valence electrons. The van der Waals surface area contributed by atoms with E-state index in [1.54, 1.807) is 0 Å². The molecule has 2 aromatic rings. The van der Waals surface area contributed by atoms with E-state index in [-0.39, 0.29) is 10.8 Å². The molecule has 0 saturated heterocycles. The normalized spacial score (nSPS) is 13.2. The zero-order valence-electron chi connectivity index (χ0n) is 14.1. The molecule has 4 N–H and O–H groups in total. The third-order valence-electron chi connectivity index (χ3n) is 4.91. The summed E-state index contributed by atoms with van der Waals surface area (Å²) in [6, 6.07) is 21.0. The largest absolute Gasteiger partial charge is 0.330 e. The lowest BCUT2D eigenvalue weighted by Crippen LogP contribution is -2.63. The second-order valence-electron chi connectivity index (χ2n) is 7.29. The molecule has 0 heterocycles. The summed E-state index contributed by atoms with van der Waals surface area (Å²) in [7, 11) is 0. The highest BCUT2D eigenvalue weighted by Crippen LogP contribution is 2.52. The maximum absolute atomic E-state index is 6.78. The number of benzene rings is 2. The molecule has 0 unspecified atom stereocenters. The van der Waals surface area contributed by atoms with Crippen LogP contribution in [0, 0.1) is 5.41 Å². The van der Waals surface area contributed by atoms with Gasteiger partial charge in [0.05, 0.1) is 0 Å². The molecule has 0 bridgehead atoms. The van der Waals surface area contributed by atoms with Gasteiger partial charge >= 0.3 is 0 Å². The molecule has 0 aliphatic rings. The van der Waals surface area contributed by atoms with E-state index >= 15 is 0 Å². The van der Waals surface area contributed by atoms with Crippen molar-refractivity contribution in [3.63, 3.8) is 0 Å². The number of nitrogens with two attached hydrogens (primary N) is 2. The van der Waals surface area contributed by atoms with Crippen molar-refractivity contribution in [1.29, 1.82) is 0 Å². The van der Waals surface area contributed by atoms with Gasteiger partial charge in [-0.05, 0) is 36.9 Å². The molecule has 2 heteroatoms. The summed E-state index contributed by atoms with van der Waals surface area (Å²) < 4.78 is 0. The molecule has 0 saturated carbocycles. The topological polar surface area (TPSA) is 52.0 Å². The van der Waals surface area contributed by atoms with Gasteiger partial charge in [0.1, 0.15) is 0 Å². The Morgan fingerprint density at radius 3 is 1.36 bits per heavy atom. The fourth-order valence-corrected chi connectivity index (χ4v) is 4.09. The molecule has 0 aliphatic carbocycles. The van der Waals surface area contributed by atoms with Crippen molar-refractivity contribution < 1.29 is 0 Å². The zero-order chi connectivity index (χ0) is 16.4. The Morgan fingerprint density at radius 2 is 1.09 bits per heavy atom. The minimum absolute atomic E-state index is 0.200. The van der Waals surface area contributed by atoms with Gasteiger partial charge in [-0.3, -0.25) is 0 Å². The minimum atomic E-state index is -0.474. The standard InChI is InChI=1S/C20H28N2/c1-18(2,15-21)20(19(3,4)22,16-11-7-5-8-12-16)17-13-9-6-10-14-17/h5-14H,15,21-22H2,1-4H3. The van der Waals surface area contributed by atoms with Gasteiger partial charge in [0.2, 0.25) is 0 Å². The summed E-state index contributed by atoms with van der Waals surface area (Å²) in [6.45, 7) is 9.18. The maximum Gasteiger partial charge on any atom is 0.0439 e. The SMILES string of the molecule is CC(C)(N)C(c1ccccc1)(c1ccccc1)C(C)(C)CN. The molecule has 22 heavy (non-hydrogen) atoms. The lowest BCUT2D eigenvalue weighted by molar-refractivity contribution is 0.128. The first-order valence-corrected chi connectivity index (χ1v) is 7.87. The highest BCUT2D eigenvalue weighted by Gasteiger charge is 2.54. The Labute approximate surface area is 134 Å². The molecule has 0 fully saturated rings.